The van der Waals surface area contributed by atoms with Crippen LogP contribution in [0.5, 0.6) is 0 Å². The van der Waals surface area contributed by atoms with Gasteiger partial charge in [-0.05, 0) is 31.1 Å². The molecule has 5 atom stereocenters. The van der Waals surface area contributed by atoms with E-state index in [1.807, 2.05) is 0 Å². The summed E-state index contributed by atoms with van der Waals surface area (Å²) in [4.78, 5) is 35.4. The average Bonchev–Trinajstić information content (AvgIpc) is 3.13. The molecule has 0 spiro atoms. The van der Waals surface area contributed by atoms with Gasteiger partial charge in [0.1, 0.15) is 0 Å². The Labute approximate surface area is 133 Å². The van der Waals surface area contributed by atoms with Crippen molar-refractivity contribution in [3.8, 4) is 0 Å². The molecular weight excluding hydrogens is 300 g/mol. The SMILES string of the molecule is O=C(O[C@@H](C(=O)O)c1ccccc1)[C@@H]1[C@@H]2CC[C@@H](C2)[C@@H]1C(=O)O. The lowest BCUT2D eigenvalue weighted by molar-refractivity contribution is -0.172. The number of benzene rings is 1. The second-order valence-electron chi connectivity index (χ2n) is 6.29. The number of fused-ring (bicyclic) bond motifs is 2. The van der Waals surface area contributed by atoms with Gasteiger partial charge >= 0.3 is 17.9 Å². The molecule has 6 heteroatoms. The largest absolute Gasteiger partial charge is 0.481 e. The lowest BCUT2D eigenvalue weighted by atomic mass is 9.79. The van der Waals surface area contributed by atoms with Crippen molar-refractivity contribution in [3.63, 3.8) is 0 Å². The van der Waals surface area contributed by atoms with E-state index < -0.39 is 35.8 Å². The Bertz CT molecular complexity index is 625. The van der Waals surface area contributed by atoms with Gasteiger partial charge in [-0.3, -0.25) is 9.59 Å². The molecule has 0 saturated heterocycles. The van der Waals surface area contributed by atoms with Gasteiger partial charge in [0, 0.05) is 5.56 Å². The van der Waals surface area contributed by atoms with Gasteiger partial charge in [-0.15, -0.1) is 0 Å². The van der Waals surface area contributed by atoms with Crippen LogP contribution in [-0.2, 0) is 19.1 Å². The van der Waals surface area contributed by atoms with E-state index in [0.717, 1.165) is 12.8 Å². The van der Waals surface area contributed by atoms with Crippen LogP contribution in [0.3, 0.4) is 0 Å². The monoisotopic (exact) mass is 318 g/mol. The molecule has 3 rings (SSSR count). The molecule has 0 aliphatic heterocycles. The molecule has 0 amide bonds. The van der Waals surface area contributed by atoms with E-state index in [1.54, 1.807) is 30.3 Å². The van der Waals surface area contributed by atoms with E-state index >= 15 is 0 Å². The smallest absolute Gasteiger partial charge is 0.349 e. The van der Waals surface area contributed by atoms with E-state index in [1.165, 1.54) is 0 Å². The maximum atomic E-state index is 12.5. The predicted molar refractivity (Wildman–Crippen MR) is 78.4 cm³/mol. The minimum Gasteiger partial charge on any atom is -0.481 e. The summed E-state index contributed by atoms with van der Waals surface area (Å²) in [5, 5.41) is 18.7. The van der Waals surface area contributed by atoms with Crippen molar-refractivity contribution in [2.75, 3.05) is 0 Å². The highest BCUT2D eigenvalue weighted by Crippen LogP contribution is 2.53. The van der Waals surface area contributed by atoms with Crippen molar-refractivity contribution >= 4 is 17.9 Å². The molecular formula is C17H18O6. The fourth-order valence-electron chi connectivity index (χ4n) is 4.07. The summed E-state index contributed by atoms with van der Waals surface area (Å²) >= 11 is 0. The van der Waals surface area contributed by atoms with Crippen LogP contribution in [0.2, 0.25) is 0 Å². The topological polar surface area (TPSA) is 101 Å². The number of hydrogen-bond donors (Lipinski definition) is 2. The summed E-state index contributed by atoms with van der Waals surface area (Å²) in [5.41, 5.74) is 0.364. The molecule has 0 heterocycles. The van der Waals surface area contributed by atoms with Crippen LogP contribution >= 0.6 is 0 Å². The molecule has 2 saturated carbocycles. The van der Waals surface area contributed by atoms with Crippen molar-refractivity contribution in [1.29, 1.82) is 0 Å². The molecule has 23 heavy (non-hydrogen) atoms. The first-order valence-electron chi connectivity index (χ1n) is 7.70. The van der Waals surface area contributed by atoms with Crippen molar-refractivity contribution < 1.29 is 29.3 Å². The minimum absolute atomic E-state index is 0.00458. The summed E-state index contributed by atoms with van der Waals surface area (Å²) in [7, 11) is 0. The Morgan fingerprint density at radius 1 is 1.00 bits per heavy atom. The average molecular weight is 318 g/mol. The zero-order valence-electron chi connectivity index (χ0n) is 12.4. The van der Waals surface area contributed by atoms with Gasteiger partial charge in [-0.2, -0.15) is 0 Å². The third kappa shape index (κ3) is 2.81. The first-order chi connectivity index (χ1) is 11.0. The summed E-state index contributed by atoms with van der Waals surface area (Å²) in [6.45, 7) is 0. The number of carbonyl (C=O) groups is 3. The highest BCUT2D eigenvalue weighted by Gasteiger charge is 2.55. The third-order valence-corrected chi connectivity index (χ3v) is 5.03. The molecule has 2 aliphatic carbocycles. The highest BCUT2D eigenvalue weighted by molar-refractivity contribution is 5.85. The number of ether oxygens (including phenoxy) is 1. The van der Waals surface area contributed by atoms with Crippen molar-refractivity contribution in [2.24, 2.45) is 23.7 Å². The standard InChI is InChI=1S/C17H18O6/c18-15(19)12-10-6-7-11(8-10)13(12)17(22)23-14(16(20)21)9-4-2-1-3-5-9/h1-5,10-14H,6-8H2,(H,18,19)(H,20,21)/t10-,11+,12-,13+,14+/m0/s1. The van der Waals surface area contributed by atoms with Crippen molar-refractivity contribution in [3.05, 3.63) is 35.9 Å². The third-order valence-electron chi connectivity index (χ3n) is 5.03. The van der Waals surface area contributed by atoms with Gasteiger partial charge in [-0.25, -0.2) is 4.79 Å². The van der Waals surface area contributed by atoms with Crippen LogP contribution in [0.25, 0.3) is 0 Å². The molecule has 2 fully saturated rings. The van der Waals surface area contributed by atoms with Gasteiger partial charge in [-0.1, -0.05) is 30.3 Å². The first kappa shape index (κ1) is 15.5. The van der Waals surface area contributed by atoms with E-state index in [9.17, 15) is 24.6 Å². The van der Waals surface area contributed by atoms with Crippen LogP contribution in [0, 0.1) is 23.7 Å². The van der Waals surface area contributed by atoms with Crippen LogP contribution < -0.4 is 0 Å². The Morgan fingerprint density at radius 3 is 2.17 bits per heavy atom. The quantitative estimate of drug-likeness (QED) is 0.806. The number of hydrogen-bond acceptors (Lipinski definition) is 4. The van der Waals surface area contributed by atoms with Crippen LogP contribution in [0.15, 0.2) is 30.3 Å². The number of carboxylic acid groups (broad SMARTS) is 2. The lowest BCUT2D eigenvalue weighted by Crippen LogP contribution is -2.37. The van der Waals surface area contributed by atoms with Crippen LogP contribution in [0.4, 0.5) is 0 Å². The van der Waals surface area contributed by atoms with Gasteiger partial charge in [0.15, 0.2) is 0 Å². The zero-order chi connectivity index (χ0) is 16.6. The van der Waals surface area contributed by atoms with E-state index in [2.05, 4.69) is 0 Å². The summed E-state index contributed by atoms with van der Waals surface area (Å²) in [6.07, 6.45) is 0.918. The van der Waals surface area contributed by atoms with E-state index in [4.69, 9.17) is 4.74 Å². The summed E-state index contributed by atoms with van der Waals surface area (Å²) < 4.78 is 5.21. The number of carboxylic acids is 2. The van der Waals surface area contributed by atoms with Gasteiger partial charge in [0.25, 0.3) is 0 Å². The number of rotatable bonds is 5. The van der Waals surface area contributed by atoms with E-state index in [0.29, 0.717) is 12.0 Å². The Morgan fingerprint density at radius 2 is 1.61 bits per heavy atom. The van der Waals surface area contributed by atoms with Gasteiger partial charge in [0.05, 0.1) is 11.8 Å². The molecule has 122 valence electrons. The molecule has 2 aliphatic rings. The molecule has 2 N–H and O–H groups in total. The molecule has 0 aromatic heterocycles. The molecule has 0 unspecified atom stereocenters. The second kappa shape index (κ2) is 6.02. The van der Waals surface area contributed by atoms with Crippen LogP contribution in [-0.4, -0.2) is 28.1 Å². The zero-order valence-corrected chi connectivity index (χ0v) is 12.4. The van der Waals surface area contributed by atoms with Crippen molar-refractivity contribution in [2.45, 2.75) is 25.4 Å². The fourth-order valence-corrected chi connectivity index (χ4v) is 4.07. The number of aliphatic carboxylic acids is 2. The Kier molecular flexibility index (Phi) is 4.07. The molecule has 1 aromatic carbocycles. The van der Waals surface area contributed by atoms with Gasteiger partial charge < -0.3 is 14.9 Å². The van der Waals surface area contributed by atoms with Gasteiger partial charge in [0.2, 0.25) is 6.10 Å². The van der Waals surface area contributed by atoms with Crippen LogP contribution in [0.1, 0.15) is 30.9 Å². The number of carbonyl (C=O) groups excluding carboxylic acids is 1. The summed E-state index contributed by atoms with van der Waals surface area (Å²) in [5.74, 6) is -4.48. The lowest BCUT2D eigenvalue weighted by Gasteiger charge is -2.27. The molecule has 2 bridgehead atoms. The highest BCUT2D eigenvalue weighted by atomic mass is 16.6. The molecule has 0 radical (unpaired) electrons. The molecule has 6 nitrogen and oxygen atoms in total. The predicted octanol–water partition coefficient (Wildman–Crippen LogP) is 2.10. The maximum absolute atomic E-state index is 12.5. The van der Waals surface area contributed by atoms with E-state index in [-0.39, 0.29) is 11.8 Å². The summed E-state index contributed by atoms with van der Waals surface area (Å²) in [6, 6.07) is 8.21. The minimum atomic E-state index is -1.41. The van der Waals surface area contributed by atoms with Crippen molar-refractivity contribution in [1.82, 2.24) is 0 Å². The Hall–Kier alpha value is -2.37. The fraction of sp³-hybridized carbons (Fsp3) is 0.471. The normalized spacial score (nSPS) is 29.9. The Balaban J connectivity index is 1.79. The first-order valence-corrected chi connectivity index (χ1v) is 7.70. The maximum Gasteiger partial charge on any atom is 0.349 e. The number of esters is 1. The molecule has 1 aromatic rings. The second-order valence-corrected chi connectivity index (χ2v) is 6.29.